The van der Waals surface area contributed by atoms with E-state index in [1.54, 1.807) is 23.7 Å². The van der Waals surface area contributed by atoms with Gasteiger partial charge in [-0.2, -0.15) is 0 Å². The first-order chi connectivity index (χ1) is 14.5. The van der Waals surface area contributed by atoms with E-state index < -0.39 is 17.7 Å². The first-order valence-corrected chi connectivity index (χ1v) is 9.67. The van der Waals surface area contributed by atoms with Crippen LogP contribution in [-0.2, 0) is 11.3 Å². The normalized spacial score (nSPS) is 10.7. The standard InChI is InChI=1S/C21H14FN3O4S/c22-15-5-1-3-13(9-15)19(27)23-16-6-2-4-14(10-16)20(28)29-12-17-11-18(26)25-7-8-30-21(25)24-17/h1-11H,12H2,(H,23,27). The number of anilines is 1. The molecule has 0 unspecified atom stereocenters. The van der Waals surface area contributed by atoms with Crippen LogP contribution in [0.2, 0.25) is 0 Å². The molecule has 0 spiro atoms. The maximum atomic E-state index is 13.3. The van der Waals surface area contributed by atoms with E-state index in [0.717, 1.165) is 6.07 Å². The van der Waals surface area contributed by atoms with Gasteiger partial charge in [0.2, 0.25) is 0 Å². The number of fused-ring (bicyclic) bond motifs is 1. The number of benzene rings is 2. The molecule has 0 fully saturated rings. The van der Waals surface area contributed by atoms with Gasteiger partial charge in [0.05, 0.1) is 11.3 Å². The molecule has 0 saturated heterocycles. The molecule has 2 heterocycles. The van der Waals surface area contributed by atoms with Crippen LogP contribution in [0.4, 0.5) is 10.1 Å². The highest BCUT2D eigenvalue weighted by atomic mass is 32.1. The third-order valence-electron chi connectivity index (χ3n) is 4.15. The second kappa shape index (κ2) is 8.26. The molecule has 1 N–H and O–H groups in total. The third kappa shape index (κ3) is 4.26. The maximum Gasteiger partial charge on any atom is 0.338 e. The Bertz CT molecular complexity index is 1310. The van der Waals surface area contributed by atoms with E-state index in [0.29, 0.717) is 16.3 Å². The van der Waals surface area contributed by atoms with E-state index in [1.165, 1.54) is 52.1 Å². The van der Waals surface area contributed by atoms with Gasteiger partial charge in [0.1, 0.15) is 12.4 Å². The van der Waals surface area contributed by atoms with Crippen LogP contribution in [0, 0.1) is 5.82 Å². The molecule has 0 radical (unpaired) electrons. The van der Waals surface area contributed by atoms with E-state index >= 15 is 0 Å². The summed E-state index contributed by atoms with van der Waals surface area (Å²) in [5.41, 5.74) is 0.807. The van der Waals surface area contributed by atoms with Crippen LogP contribution in [0.1, 0.15) is 26.4 Å². The number of hydrogen-bond acceptors (Lipinski definition) is 6. The van der Waals surface area contributed by atoms with E-state index in [4.69, 9.17) is 4.74 Å². The molecule has 2 aromatic carbocycles. The maximum absolute atomic E-state index is 13.3. The highest BCUT2D eigenvalue weighted by Gasteiger charge is 2.12. The fourth-order valence-corrected chi connectivity index (χ4v) is 3.48. The number of ether oxygens (including phenoxy) is 1. The molecule has 150 valence electrons. The lowest BCUT2D eigenvalue weighted by atomic mass is 10.1. The second-order valence-corrected chi connectivity index (χ2v) is 7.14. The number of nitrogens with one attached hydrogen (secondary N) is 1. The number of carbonyl (C=O) groups is 2. The summed E-state index contributed by atoms with van der Waals surface area (Å²) in [6, 6.07) is 12.8. The topological polar surface area (TPSA) is 89.8 Å². The Hall–Kier alpha value is -3.85. The molecule has 7 nitrogen and oxygen atoms in total. The lowest BCUT2D eigenvalue weighted by Gasteiger charge is -2.08. The van der Waals surface area contributed by atoms with E-state index in [1.807, 2.05) is 0 Å². The monoisotopic (exact) mass is 423 g/mol. The van der Waals surface area contributed by atoms with Gasteiger partial charge in [0, 0.05) is 28.9 Å². The van der Waals surface area contributed by atoms with Crippen LogP contribution in [0.15, 0.2) is 71.0 Å². The highest BCUT2D eigenvalue weighted by molar-refractivity contribution is 7.15. The van der Waals surface area contributed by atoms with Crippen molar-refractivity contribution in [3.8, 4) is 0 Å². The first-order valence-electron chi connectivity index (χ1n) is 8.79. The fourth-order valence-electron chi connectivity index (χ4n) is 2.74. The molecule has 0 atom stereocenters. The van der Waals surface area contributed by atoms with Crippen LogP contribution in [0.25, 0.3) is 4.96 Å². The van der Waals surface area contributed by atoms with Gasteiger partial charge in [0.15, 0.2) is 4.96 Å². The number of thiazole rings is 1. The zero-order valence-electron chi connectivity index (χ0n) is 15.4. The SMILES string of the molecule is O=C(Nc1cccc(C(=O)OCc2cc(=O)n3ccsc3n2)c1)c1cccc(F)c1. The van der Waals surface area contributed by atoms with Gasteiger partial charge in [-0.1, -0.05) is 12.1 Å². The van der Waals surface area contributed by atoms with Crippen LogP contribution in [0.3, 0.4) is 0 Å². The van der Waals surface area contributed by atoms with Gasteiger partial charge in [-0.15, -0.1) is 11.3 Å². The number of carbonyl (C=O) groups excluding carboxylic acids is 2. The largest absolute Gasteiger partial charge is 0.456 e. The van der Waals surface area contributed by atoms with E-state index in [2.05, 4.69) is 10.3 Å². The predicted octanol–water partition coefficient (Wildman–Crippen LogP) is 3.50. The summed E-state index contributed by atoms with van der Waals surface area (Å²) in [4.78, 5) is 41.4. The average molecular weight is 423 g/mol. The zero-order chi connectivity index (χ0) is 21.1. The predicted molar refractivity (Wildman–Crippen MR) is 109 cm³/mol. The van der Waals surface area contributed by atoms with Crippen molar-refractivity contribution in [3.05, 3.63) is 99.2 Å². The minimum atomic E-state index is -0.634. The van der Waals surface area contributed by atoms with Gasteiger partial charge in [-0.25, -0.2) is 14.2 Å². The Balaban J connectivity index is 1.44. The lowest BCUT2D eigenvalue weighted by Crippen LogP contribution is -2.15. The molecule has 1 amide bonds. The number of aromatic nitrogens is 2. The number of rotatable bonds is 5. The van der Waals surface area contributed by atoms with Crippen LogP contribution in [-0.4, -0.2) is 21.3 Å². The highest BCUT2D eigenvalue weighted by Crippen LogP contribution is 2.15. The molecular weight excluding hydrogens is 409 g/mol. The van der Waals surface area contributed by atoms with Crippen LogP contribution >= 0.6 is 11.3 Å². The minimum absolute atomic E-state index is 0.157. The lowest BCUT2D eigenvalue weighted by molar-refractivity contribution is 0.0467. The second-order valence-electron chi connectivity index (χ2n) is 6.26. The van der Waals surface area contributed by atoms with E-state index in [-0.39, 0.29) is 23.3 Å². The van der Waals surface area contributed by atoms with Crippen molar-refractivity contribution >= 4 is 33.9 Å². The summed E-state index contributed by atoms with van der Waals surface area (Å²) < 4.78 is 19.9. The summed E-state index contributed by atoms with van der Waals surface area (Å²) in [5.74, 6) is -1.66. The summed E-state index contributed by atoms with van der Waals surface area (Å²) in [6.07, 6.45) is 1.62. The summed E-state index contributed by atoms with van der Waals surface area (Å²) >= 11 is 1.30. The average Bonchev–Trinajstić information content (AvgIpc) is 3.21. The number of amides is 1. The summed E-state index contributed by atoms with van der Waals surface area (Å²) in [7, 11) is 0. The molecule has 2 aromatic heterocycles. The Kier molecular flexibility index (Phi) is 5.36. The Morgan fingerprint density at radius 1 is 1.10 bits per heavy atom. The molecule has 0 aliphatic carbocycles. The third-order valence-corrected chi connectivity index (χ3v) is 4.91. The van der Waals surface area contributed by atoms with Crippen molar-refractivity contribution in [2.75, 3.05) is 5.32 Å². The Labute approximate surface area is 173 Å². The number of esters is 1. The molecule has 0 saturated carbocycles. The number of hydrogen-bond donors (Lipinski definition) is 1. The van der Waals surface area contributed by atoms with Gasteiger partial charge >= 0.3 is 5.97 Å². The molecule has 0 aliphatic rings. The Morgan fingerprint density at radius 2 is 1.90 bits per heavy atom. The number of halogens is 1. The molecule has 4 aromatic rings. The van der Waals surface area contributed by atoms with Crippen molar-refractivity contribution < 1.29 is 18.7 Å². The van der Waals surface area contributed by atoms with Gasteiger partial charge < -0.3 is 10.1 Å². The molecule has 9 heteroatoms. The summed E-state index contributed by atoms with van der Waals surface area (Å²) in [6.45, 7) is -0.164. The van der Waals surface area contributed by atoms with E-state index in [9.17, 15) is 18.8 Å². The molecule has 4 rings (SSSR count). The summed E-state index contributed by atoms with van der Waals surface area (Å²) in [5, 5.41) is 4.35. The van der Waals surface area contributed by atoms with Gasteiger partial charge in [0.25, 0.3) is 11.5 Å². The molecule has 30 heavy (non-hydrogen) atoms. The number of nitrogens with zero attached hydrogens (tertiary/aromatic N) is 2. The quantitative estimate of drug-likeness (QED) is 0.496. The van der Waals surface area contributed by atoms with Gasteiger partial charge in [-0.05, 0) is 36.4 Å². The molecule has 0 aliphatic heterocycles. The smallest absolute Gasteiger partial charge is 0.338 e. The fraction of sp³-hybridized carbons (Fsp3) is 0.0476. The minimum Gasteiger partial charge on any atom is -0.456 e. The van der Waals surface area contributed by atoms with Crippen LogP contribution in [0.5, 0.6) is 0 Å². The molecular formula is C21H14FN3O4S. The van der Waals surface area contributed by atoms with Crippen molar-refractivity contribution in [1.82, 2.24) is 9.38 Å². The zero-order valence-corrected chi connectivity index (χ0v) is 16.2. The van der Waals surface area contributed by atoms with Crippen LogP contribution < -0.4 is 10.9 Å². The van der Waals surface area contributed by atoms with Crippen molar-refractivity contribution in [1.29, 1.82) is 0 Å². The van der Waals surface area contributed by atoms with Gasteiger partial charge in [-0.3, -0.25) is 14.0 Å². The molecule has 0 bridgehead atoms. The Morgan fingerprint density at radius 3 is 2.73 bits per heavy atom. The van der Waals surface area contributed by atoms with Crippen molar-refractivity contribution in [3.63, 3.8) is 0 Å². The first kappa shape index (κ1) is 19.5. The van der Waals surface area contributed by atoms with Crippen molar-refractivity contribution in [2.24, 2.45) is 0 Å². The van der Waals surface area contributed by atoms with Crippen molar-refractivity contribution in [2.45, 2.75) is 6.61 Å².